The molecule has 1 aliphatic carbocycles. The lowest BCUT2D eigenvalue weighted by atomic mass is 9.95. The van der Waals surface area contributed by atoms with Crippen LogP contribution in [0.1, 0.15) is 58.2 Å². The smallest absolute Gasteiger partial charge is 0.242 e. The van der Waals surface area contributed by atoms with Gasteiger partial charge in [-0.2, -0.15) is 0 Å². The lowest BCUT2D eigenvalue weighted by Gasteiger charge is -2.22. The molecule has 39 heavy (non-hydrogen) atoms. The van der Waals surface area contributed by atoms with E-state index in [4.69, 9.17) is 14.2 Å². The van der Waals surface area contributed by atoms with Gasteiger partial charge in [0, 0.05) is 19.0 Å². The molecule has 212 valence electrons. The van der Waals surface area contributed by atoms with Crippen molar-refractivity contribution >= 4 is 17.5 Å². The number of aryl methyl sites for hydroxylation is 1. The molecule has 2 aromatic rings. The Balaban J connectivity index is 2.23. The lowest BCUT2D eigenvalue weighted by Crippen LogP contribution is -2.44. The van der Waals surface area contributed by atoms with E-state index in [0.29, 0.717) is 53.8 Å². The number of hydrogen-bond acceptors (Lipinski definition) is 7. The summed E-state index contributed by atoms with van der Waals surface area (Å²) in [6.45, 7) is 9.93. The quantitative estimate of drug-likeness (QED) is 0.417. The van der Waals surface area contributed by atoms with Crippen LogP contribution in [0.4, 0.5) is 5.69 Å². The van der Waals surface area contributed by atoms with Crippen LogP contribution in [0.5, 0.6) is 17.2 Å². The summed E-state index contributed by atoms with van der Waals surface area (Å²) in [6, 6.07) is 5.99. The zero-order valence-electron chi connectivity index (χ0n) is 24.2. The minimum atomic E-state index is -0.601. The summed E-state index contributed by atoms with van der Waals surface area (Å²) < 4.78 is 17.1. The summed E-state index contributed by atoms with van der Waals surface area (Å²) in [7, 11) is 4.67. The second-order valence-electron chi connectivity index (χ2n) is 10.6. The number of anilines is 1. The molecule has 0 fully saturated rings. The van der Waals surface area contributed by atoms with Crippen LogP contribution in [0.25, 0.3) is 11.1 Å². The first kappa shape index (κ1) is 29.8. The number of carbonyl (C=O) groups is 2. The van der Waals surface area contributed by atoms with Gasteiger partial charge in [-0.05, 0) is 59.6 Å². The molecule has 2 aromatic carbocycles. The van der Waals surface area contributed by atoms with Crippen molar-refractivity contribution in [3.8, 4) is 28.4 Å². The molecule has 0 aliphatic heterocycles. The van der Waals surface area contributed by atoms with E-state index in [9.17, 15) is 14.4 Å². The number of carbonyl (C=O) groups excluding carboxylic acids is 2. The molecule has 0 saturated carbocycles. The highest BCUT2D eigenvalue weighted by atomic mass is 16.5. The minimum Gasteiger partial charge on any atom is -0.493 e. The molecule has 2 amide bonds. The first-order valence-electron chi connectivity index (χ1n) is 13.3. The van der Waals surface area contributed by atoms with Crippen LogP contribution in [-0.4, -0.2) is 45.7 Å². The molecule has 0 spiro atoms. The van der Waals surface area contributed by atoms with Crippen LogP contribution >= 0.6 is 0 Å². The number of methoxy groups -OCH3 is 3. The molecule has 3 N–H and O–H groups in total. The van der Waals surface area contributed by atoms with Crippen LogP contribution in [-0.2, 0) is 16.0 Å². The Kier molecular flexibility index (Phi) is 9.83. The Bertz CT molecular complexity index is 1270. The molecule has 1 aliphatic rings. The predicted molar refractivity (Wildman–Crippen MR) is 153 cm³/mol. The van der Waals surface area contributed by atoms with Crippen LogP contribution in [0.3, 0.4) is 0 Å². The van der Waals surface area contributed by atoms with Gasteiger partial charge in [0.1, 0.15) is 6.04 Å². The van der Waals surface area contributed by atoms with Crippen molar-refractivity contribution in [3.05, 3.63) is 45.6 Å². The Morgan fingerprint density at radius 3 is 2.26 bits per heavy atom. The average molecular weight is 540 g/mol. The average Bonchev–Trinajstić information content (AvgIpc) is 3.12. The van der Waals surface area contributed by atoms with Crippen LogP contribution in [0, 0.1) is 11.8 Å². The van der Waals surface area contributed by atoms with E-state index in [1.165, 1.54) is 6.92 Å². The van der Waals surface area contributed by atoms with E-state index in [2.05, 4.69) is 16.0 Å². The van der Waals surface area contributed by atoms with E-state index >= 15 is 0 Å². The molecule has 0 radical (unpaired) electrons. The normalized spacial score (nSPS) is 15.0. The van der Waals surface area contributed by atoms with Crippen LogP contribution in [0.2, 0.25) is 0 Å². The van der Waals surface area contributed by atoms with E-state index in [1.54, 1.807) is 33.5 Å². The zero-order valence-corrected chi connectivity index (χ0v) is 24.2. The zero-order chi connectivity index (χ0) is 28.9. The molecule has 2 atom stereocenters. The number of nitrogens with one attached hydrogen (secondary N) is 3. The van der Waals surface area contributed by atoms with Gasteiger partial charge in [-0.3, -0.25) is 14.4 Å². The Labute approximate surface area is 230 Å². The number of rotatable bonds is 10. The molecule has 0 saturated heterocycles. The third kappa shape index (κ3) is 6.64. The van der Waals surface area contributed by atoms with Crippen LogP contribution in [0.15, 0.2) is 29.1 Å². The molecule has 0 heterocycles. The maximum absolute atomic E-state index is 13.6. The van der Waals surface area contributed by atoms with Gasteiger partial charge in [0.25, 0.3) is 0 Å². The Hall–Kier alpha value is -3.75. The summed E-state index contributed by atoms with van der Waals surface area (Å²) in [5.41, 5.74) is 3.13. The van der Waals surface area contributed by atoms with E-state index in [0.717, 1.165) is 16.7 Å². The van der Waals surface area contributed by atoms with Crippen molar-refractivity contribution in [2.75, 3.05) is 33.2 Å². The fraction of sp³-hybridized carbons (Fsp3) is 0.500. The van der Waals surface area contributed by atoms with Gasteiger partial charge >= 0.3 is 0 Å². The van der Waals surface area contributed by atoms with Gasteiger partial charge in [0.05, 0.1) is 33.1 Å². The fourth-order valence-corrected chi connectivity index (χ4v) is 4.94. The van der Waals surface area contributed by atoms with Crippen molar-refractivity contribution in [2.45, 2.75) is 59.5 Å². The van der Waals surface area contributed by atoms with Gasteiger partial charge in [-0.15, -0.1) is 0 Å². The van der Waals surface area contributed by atoms with Gasteiger partial charge in [-0.1, -0.05) is 33.8 Å². The summed E-state index contributed by atoms with van der Waals surface area (Å²) in [6.07, 6.45) is 1.18. The third-order valence-electron chi connectivity index (χ3n) is 6.86. The van der Waals surface area contributed by atoms with Crippen molar-refractivity contribution in [3.63, 3.8) is 0 Å². The third-order valence-corrected chi connectivity index (χ3v) is 6.86. The molecule has 9 nitrogen and oxygen atoms in total. The van der Waals surface area contributed by atoms with Crippen LogP contribution < -0.4 is 35.6 Å². The van der Waals surface area contributed by atoms with Crippen molar-refractivity contribution in [1.82, 2.24) is 10.6 Å². The van der Waals surface area contributed by atoms with Gasteiger partial charge in [0.15, 0.2) is 11.5 Å². The fourth-order valence-electron chi connectivity index (χ4n) is 4.94. The lowest BCUT2D eigenvalue weighted by molar-refractivity contribution is -0.123. The first-order valence-corrected chi connectivity index (χ1v) is 13.3. The van der Waals surface area contributed by atoms with Gasteiger partial charge < -0.3 is 30.2 Å². The standard InChI is InChI=1S/C30H41N3O6/c1-16(2)15-31-30(36)27(17(3)4)33-23-12-10-20-21(14-24(23)35)22(32-18(5)34)11-9-19-13-25(37-6)28(38-7)29(39-8)26(19)20/h10,12-14,16-17,22,27H,9,11,15H2,1-8H3,(H,31,36)(H,32,34)(H,33,35)/t22-,27-/m0/s1. The predicted octanol–water partition coefficient (Wildman–Crippen LogP) is 4.07. The summed E-state index contributed by atoms with van der Waals surface area (Å²) in [4.78, 5) is 38.7. The van der Waals surface area contributed by atoms with Gasteiger partial charge in [0.2, 0.25) is 23.0 Å². The largest absolute Gasteiger partial charge is 0.493 e. The molecular weight excluding hydrogens is 498 g/mol. The van der Waals surface area contributed by atoms with E-state index in [1.807, 2.05) is 39.8 Å². The number of ether oxygens (including phenoxy) is 3. The van der Waals surface area contributed by atoms with Gasteiger partial charge in [-0.25, -0.2) is 0 Å². The second-order valence-corrected chi connectivity index (χ2v) is 10.6. The Morgan fingerprint density at radius 1 is 1.00 bits per heavy atom. The molecule has 0 bridgehead atoms. The number of fused-ring (bicyclic) bond motifs is 3. The molecule has 9 heteroatoms. The highest BCUT2D eigenvalue weighted by Crippen LogP contribution is 2.50. The molecular formula is C30H41N3O6. The van der Waals surface area contributed by atoms with Crippen molar-refractivity contribution < 1.29 is 23.8 Å². The maximum Gasteiger partial charge on any atom is 0.242 e. The Morgan fingerprint density at radius 2 is 1.69 bits per heavy atom. The van der Waals surface area contributed by atoms with Crippen molar-refractivity contribution in [1.29, 1.82) is 0 Å². The van der Waals surface area contributed by atoms with E-state index < -0.39 is 12.1 Å². The first-order chi connectivity index (χ1) is 18.5. The number of amides is 2. The topological polar surface area (TPSA) is 115 Å². The minimum absolute atomic E-state index is 0.0652. The second kappa shape index (κ2) is 12.9. The number of hydrogen-bond donors (Lipinski definition) is 3. The summed E-state index contributed by atoms with van der Waals surface area (Å²) >= 11 is 0. The SMILES string of the molecule is COc1cc2c(c(OC)c1OC)-c1ccc(N[C@H](C(=O)NCC(C)C)C(C)C)c(=O)cc1[C@@H](NC(C)=O)CC2. The summed E-state index contributed by atoms with van der Waals surface area (Å²) in [5.74, 6) is 1.34. The highest BCUT2D eigenvalue weighted by molar-refractivity contribution is 5.86. The molecule has 0 unspecified atom stereocenters. The van der Waals surface area contributed by atoms with Crippen molar-refractivity contribution in [2.24, 2.45) is 11.8 Å². The maximum atomic E-state index is 13.6. The highest BCUT2D eigenvalue weighted by Gasteiger charge is 2.30. The monoisotopic (exact) mass is 539 g/mol. The summed E-state index contributed by atoms with van der Waals surface area (Å²) in [5, 5.41) is 9.16. The number of benzene rings is 1. The molecule has 0 aromatic heterocycles. The molecule has 3 rings (SSSR count). The van der Waals surface area contributed by atoms with E-state index in [-0.39, 0.29) is 23.2 Å².